The molecule has 2 heterocycles. The molecule has 2 fully saturated rings. The van der Waals surface area contributed by atoms with Crippen molar-refractivity contribution in [2.75, 3.05) is 39.8 Å². The third-order valence-corrected chi connectivity index (χ3v) is 4.44. The Morgan fingerprint density at radius 2 is 1.68 bits per heavy atom. The lowest BCUT2D eigenvalue weighted by Crippen LogP contribution is -2.49. The summed E-state index contributed by atoms with van der Waals surface area (Å²) in [5.74, 6) is 0.125. The van der Waals surface area contributed by atoms with Crippen LogP contribution < -0.4 is 0 Å². The summed E-state index contributed by atoms with van der Waals surface area (Å²) in [6.07, 6.45) is 10.00. The molecule has 2 rings (SSSR count). The highest BCUT2D eigenvalue weighted by Crippen LogP contribution is 2.33. The fourth-order valence-corrected chi connectivity index (χ4v) is 3.13. The highest BCUT2D eigenvalue weighted by atomic mass is 16.2. The van der Waals surface area contributed by atoms with Crippen LogP contribution >= 0.6 is 0 Å². The smallest absolute Gasteiger partial charge is 0.241 e. The van der Waals surface area contributed by atoms with Gasteiger partial charge in [-0.25, -0.2) is 0 Å². The zero-order valence-corrected chi connectivity index (χ0v) is 16.1. The number of hydrogen-bond acceptors (Lipinski definition) is 3. The van der Waals surface area contributed by atoms with E-state index in [9.17, 15) is 4.79 Å². The fourth-order valence-electron chi connectivity index (χ4n) is 3.13. The number of allylic oxidation sites excluding steroid dienone is 5. The first-order valence-corrected chi connectivity index (χ1v) is 9.11. The molecule has 4 nitrogen and oxygen atoms in total. The van der Waals surface area contributed by atoms with E-state index in [0.29, 0.717) is 6.54 Å². The lowest BCUT2D eigenvalue weighted by Gasteiger charge is -2.33. The lowest BCUT2D eigenvalue weighted by molar-refractivity contribution is -0.131. The lowest BCUT2D eigenvalue weighted by atomic mass is 10.1. The van der Waals surface area contributed by atoms with Crippen LogP contribution in [0.1, 0.15) is 20.3 Å². The maximum atomic E-state index is 12.9. The summed E-state index contributed by atoms with van der Waals surface area (Å²) in [6.45, 7) is 19.8. The normalized spacial score (nSPS) is 24.8. The molecule has 2 aliphatic heterocycles. The van der Waals surface area contributed by atoms with Gasteiger partial charge in [-0.15, -0.1) is 6.58 Å². The van der Waals surface area contributed by atoms with Crippen molar-refractivity contribution in [3.63, 3.8) is 0 Å². The van der Waals surface area contributed by atoms with Crippen molar-refractivity contribution >= 4 is 5.91 Å². The molecule has 25 heavy (non-hydrogen) atoms. The summed E-state index contributed by atoms with van der Waals surface area (Å²) in [5.41, 5.74) is 2.03. The van der Waals surface area contributed by atoms with Gasteiger partial charge in [0.05, 0.1) is 12.6 Å². The number of carbonyl (C=O) groups is 1. The van der Waals surface area contributed by atoms with Crippen LogP contribution in [0.15, 0.2) is 61.4 Å². The van der Waals surface area contributed by atoms with E-state index in [-0.39, 0.29) is 11.9 Å². The third kappa shape index (κ3) is 5.55. The van der Waals surface area contributed by atoms with Crippen LogP contribution in [0.3, 0.4) is 0 Å². The Bertz CT molecular complexity index is 539. The molecule has 1 atom stereocenters. The molecule has 0 unspecified atom stereocenters. The Balaban J connectivity index is 0.00000151. The van der Waals surface area contributed by atoms with Gasteiger partial charge in [-0.1, -0.05) is 51.3 Å². The van der Waals surface area contributed by atoms with Crippen LogP contribution in [-0.4, -0.2) is 66.4 Å². The average molecular weight is 344 g/mol. The van der Waals surface area contributed by atoms with Crippen LogP contribution in [0, 0.1) is 0 Å². The minimum absolute atomic E-state index is 0.00682. The Labute approximate surface area is 153 Å². The van der Waals surface area contributed by atoms with E-state index in [1.807, 2.05) is 37.0 Å². The highest BCUT2D eigenvalue weighted by molar-refractivity contribution is 5.83. The van der Waals surface area contributed by atoms with Gasteiger partial charge in [0, 0.05) is 31.9 Å². The predicted molar refractivity (Wildman–Crippen MR) is 107 cm³/mol. The number of amides is 1. The van der Waals surface area contributed by atoms with Crippen molar-refractivity contribution in [3.05, 3.63) is 61.4 Å². The van der Waals surface area contributed by atoms with Crippen LogP contribution in [0.25, 0.3) is 0 Å². The third-order valence-electron chi connectivity index (χ3n) is 4.44. The molecule has 138 valence electrons. The van der Waals surface area contributed by atoms with E-state index in [2.05, 4.69) is 36.6 Å². The number of hydrogen-bond donors (Lipinski definition) is 0. The summed E-state index contributed by atoms with van der Waals surface area (Å²) >= 11 is 0. The number of likely N-dealkylation sites (N-methyl/N-ethyl adjacent to an activating group) is 1. The molecule has 0 aromatic rings. The molecular weight excluding hydrogens is 310 g/mol. The van der Waals surface area contributed by atoms with Gasteiger partial charge in [0.1, 0.15) is 0 Å². The summed E-state index contributed by atoms with van der Waals surface area (Å²) in [6, 6.07) is 0.00682. The molecule has 0 bridgehead atoms. The first kappa shape index (κ1) is 21.1. The van der Waals surface area contributed by atoms with Gasteiger partial charge < -0.3 is 9.80 Å². The highest BCUT2D eigenvalue weighted by Gasteiger charge is 2.34. The molecule has 2 saturated heterocycles. The fraction of sp³-hybridized carbons (Fsp3) is 0.476. The van der Waals surface area contributed by atoms with E-state index >= 15 is 0 Å². The second kappa shape index (κ2) is 10.9. The Morgan fingerprint density at radius 3 is 2.20 bits per heavy atom. The Kier molecular flexibility index (Phi) is 9.17. The minimum atomic E-state index is 0.00682. The Hall–Kier alpha value is -1.91. The monoisotopic (exact) mass is 343 g/mol. The largest absolute Gasteiger partial charge is 0.304 e. The molecule has 1 amide bonds. The second-order valence-electron chi connectivity index (χ2n) is 6.07. The predicted octanol–water partition coefficient (Wildman–Crippen LogP) is 3.23. The number of piperazine rings is 1. The van der Waals surface area contributed by atoms with Crippen molar-refractivity contribution in [2.24, 2.45) is 0 Å². The van der Waals surface area contributed by atoms with E-state index in [4.69, 9.17) is 0 Å². The molecule has 0 spiro atoms. The van der Waals surface area contributed by atoms with Crippen molar-refractivity contribution in [2.45, 2.75) is 26.3 Å². The maximum absolute atomic E-state index is 12.9. The molecular formula is C21H33N3O. The summed E-state index contributed by atoms with van der Waals surface area (Å²) < 4.78 is 0. The van der Waals surface area contributed by atoms with Crippen LogP contribution in [0.2, 0.25) is 0 Å². The van der Waals surface area contributed by atoms with Gasteiger partial charge in [-0.3, -0.25) is 9.69 Å². The topological polar surface area (TPSA) is 26.8 Å². The zero-order chi connectivity index (χ0) is 18.8. The quantitative estimate of drug-likeness (QED) is 0.717. The number of rotatable bonds is 5. The molecule has 0 N–H and O–H groups in total. The maximum Gasteiger partial charge on any atom is 0.241 e. The van der Waals surface area contributed by atoms with Crippen molar-refractivity contribution < 1.29 is 4.79 Å². The zero-order valence-electron chi connectivity index (χ0n) is 16.1. The second-order valence-corrected chi connectivity index (χ2v) is 6.07. The summed E-state index contributed by atoms with van der Waals surface area (Å²) in [7, 11) is 2.12. The number of likely N-dealkylation sites (tertiary alicyclic amines) is 1. The molecule has 4 heteroatoms. The molecule has 0 saturated carbocycles. The molecule has 0 radical (unpaired) electrons. The number of carbonyl (C=O) groups excluding carboxylic acids is 1. The van der Waals surface area contributed by atoms with Crippen LogP contribution in [0.4, 0.5) is 0 Å². The molecule has 0 aromatic carbocycles. The van der Waals surface area contributed by atoms with Crippen LogP contribution in [0.5, 0.6) is 0 Å². The summed E-state index contributed by atoms with van der Waals surface area (Å²) in [4.78, 5) is 19.3. The van der Waals surface area contributed by atoms with Crippen molar-refractivity contribution in [1.29, 1.82) is 0 Å². The first-order valence-electron chi connectivity index (χ1n) is 9.11. The minimum Gasteiger partial charge on any atom is -0.304 e. The van der Waals surface area contributed by atoms with E-state index in [0.717, 1.165) is 43.9 Å². The number of nitrogens with zero attached hydrogens (tertiary/aromatic N) is 3. The van der Waals surface area contributed by atoms with E-state index in [1.165, 1.54) is 0 Å². The first-order chi connectivity index (χ1) is 12.1. The average Bonchev–Trinajstić information content (AvgIpc) is 2.97. The summed E-state index contributed by atoms with van der Waals surface area (Å²) in [5, 5.41) is 0. The molecule has 0 aliphatic carbocycles. The van der Waals surface area contributed by atoms with Crippen molar-refractivity contribution in [1.82, 2.24) is 14.7 Å². The van der Waals surface area contributed by atoms with Gasteiger partial charge in [0.25, 0.3) is 0 Å². The van der Waals surface area contributed by atoms with Gasteiger partial charge in [0.2, 0.25) is 5.91 Å². The van der Waals surface area contributed by atoms with Gasteiger partial charge in [0.15, 0.2) is 0 Å². The molecule has 0 aromatic heterocycles. The molecule has 2 aliphatic rings. The van der Waals surface area contributed by atoms with Gasteiger partial charge in [-0.05, 0) is 25.1 Å². The van der Waals surface area contributed by atoms with Crippen LogP contribution in [-0.2, 0) is 4.79 Å². The SMILES string of the molecule is C=C/C=C1/C[C@@H](C=C)N(C(=O)CN2CCN(C)CC2)/C1=C/C=C.CC. The van der Waals surface area contributed by atoms with E-state index in [1.54, 1.807) is 12.2 Å². The van der Waals surface area contributed by atoms with E-state index < -0.39 is 0 Å². The standard InChI is InChI=1S/C19H27N3O.C2H6/c1-5-8-16-14-17(7-3)22(18(16)9-6-2)19(23)15-21-12-10-20(4)11-13-21;1-2/h5-9,17H,1-3,10-15H2,4H3;1-2H3/b16-8-,18-9+;/t17-;/m1./s1. The van der Waals surface area contributed by atoms with Gasteiger partial charge >= 0.3 is 0 Å². The Morgan fingerprint density at radius 1 is 1.08 bits per heavy atom. The van der Waals surface area contributed by atoms with Gasteiger partial charge in [-0.2, -0.15) is 0 Å². The van der Waals surface area contributed by atoms with Crippen molar-refractivity contribution in [3.8, 4) is 0 Å².